The van der Waals surface area contributed by atoms with Gasteiger partial charge < -0.3 is 10.5 Å². The summed E-state index contributed by atoms with van der Waals surface area (Å²) in [5.74, 6) is 0.295. The van der Waals surface area contributed by atoms with Crippen LogP contribution in [0.25, 0.3) is 0 Å². The number of nitrogens with two attached hydrogens (primary N) is 1. The van der Waals surface area contributed by atoms with Crippen LogP contribution in [0.3, 0.4) is 0 Å². The third-order valence-electron chi connectivity index (χ3n) is 2.46. The number of hydrogen-bond donors (Lipinski definition) is 2. The number of nitrogen functional groups attached to an aromatic ring is 1. The molecule has 0 unspecified atom stereocenters. The number of benzene rings is 1. The van der Waals surface area contributed by atoms with Crippen LogP contribution in [0.1, 0.15) is 0 Å². The Morgan fingerprint density at radius 1 is 1.31 bits per heavy atom. The summed E-state index contributed by atoms with van der Waals surface area (Å²) in [5.41, 5.74) is 6.04. The molecule has 0 bridgehead atoms. The SMILES string of the molecule is Nc1ccc(S(=O)(=O)NCC2COC2)cc1. The van der Waals surface area contributed by atoms with Gasteiger partial charge in [-0.25, -0.2) is 13.1 Å². The molecule has 16 heavy (non-hydrogen) atoms. The second-order valence-corrected chi connectivity index (χ2v) is 5.59. The first kappa shape index (κ1) is 11.4. The number of ether oxygens (including phenoxy) is 1. The highest BCUT2D eigenvalue weighted by molar-refractivity contribution is 7.89. The lowest BCUT2D eigenvalue weighted by Crippen LogP contribution is -2.39. The van der Waals surface area contributed by atoms with Crippen molar-refractivity contribution in [2.45, 2.75) is 4.90 Å². The predicted molar refractivity (Wildman–Crippen MR) is 60.4 cm³/mol. The first-order chi connectivity index (χ1) is 7.58. The minimum Gasteiger partial charge on any atom is -0.399 e. The average molecular weight is 242 g/mol. The number of sulfonamides is 1. The molecule has 1 saturated heterocycles. The highest BCUT2D eigenvalue weighted by Crippen LogP contribution is 2.13. The Kier molecular flexibility index (Phi) is 3.13. The van der Waals surface area contributed by atoms with Gasteiger partial charge in [-0.15, -0.1) is 0 Å². The Morgan fingerprint density at radius 2 is 1.94 bits per heavy atom. The molecule has 1 heterocycles. The monoisotopic (exact) mass is 242 g/mol. The first-order valence-electron chi connectivity index (χ1n) is 5.01. The molecule has 0 aromatic heterocycles. The van der Waals surface area contributed by atoms with Gasteiger partial charge in [0.15, 0.2) is 0 Å². The molecule has 1 aliphatic rings. The third-order valence-corrected chi connectivity index (χ3v) is 3.90. The summed E-state index contributed by atoms with van der Waals surface area (Å²) >= 11 is 0. The number of hydrogen-bond acceptors (Lipinski definition) is 4. The van der Waals surface area contributed by atoms with Gasteiger partial charge in [-0.05, 0) is 24.3 Å². The molecule has 1 aliphatic heterocycles. The van der Waals surface area contributed by atoms with Crippen LogP contribution in [0.15, 0.2) is 29.2 Å². The van der Waals surface area contributed by atoms with Crippen LogP contribution in [-0.2, 0) is 14.8 Å². The smallest absolute Gasteiger partial charge is 0.240 e. The molecule has 0 saturated carbocycles. The van der Waals surface area contributed by atoms with E-state index in [0.29, 0.717) is 31.4 Å². The summed E-state index contributed by atoms with van der Waals surface area (Å²) in [6, 6.07) is 6.13. The van der Waals surface area contributed by atoms with Gasteiger partial charge in [-0.2, -0.15) is 0 Å². The number of nitrogens with one attached hydrogen (secondary N) is 1. The molecule has 0 spiro atoms. The van der Waals surface area contributed by atoms with Crippen molar-refractivity contribution in [2.24, 2.45) is 5.92 Å². The van der Waals surface area contributed by atoms with Crippen molar-refractivity contribution < 1.29 is 13.2 Å². The minimum atomic E-state index is -3.41. The van der Waals surface area contributed by atoms with Crippen LogP contribution in [0.4, 0.5) is 5.69 Å². The molecule has 2 rings (SSSR count). The third kappa shape index (κ3) is 2.52. The lowest BCUT2D eigenvalue weighted by molar-refractivity contribution is -0.0283. The predicted octanol–water partition coefficient (Wildman–Crippen LogP) is 0.193. The minimum absolute atomic E-state index is 0.238. The van der Waals surface area contributed by atoms with Gasteiger partial charge in [0.25, 0.3) is 0 Å². The summed E-state index contributed by atoms with van der Waals surface area (Å²) < 4.78 is 31.1. The molecular weight excluding hydrogens is 228 g/mol. The van der Waals surface area contributed by atoms with Gasteiger partial charge in [0.2, 0.25) is 10.0 Å². The second-order valence-electron chi connectivity index (χ2n) is 3.82. The summed E-state index contributed by atoms with van der Waals surface area (Å²) in [5, 5.41) is 0. The van der Waals surface area contributed by atoms with E-state index < -0.39 is 10.0 Å². The Bertz CT molecular complexity index is 451. The summed E-state index contributed by atoms with van der Waals surface area (Å²) in [7, 11) is -3.41. The van der Waals surface area contributed by atoms with E-state index in [1.165, 1.54) is 12.1 Å². The zero-order valence-corrected chi connectivity index (χ0v) is 9.53. The highest BCUT2D eigenvalue weighted by Gasteiger charge is 2.21. The standard InChI is InChI=1S/C10H14N2O3S/c11-9-1-3-10(4-2-9)16(13,14)12-5-8-6-15-7-8/h1-4,8,12H,5-7,11H2. The van der Waals surface area contributed by atoms with Crippen molar-refractivity contribution in [1.82, 2.24) is 4.72 Å². The fourth-order valence-corrected chi connectivity index (χ4v) is 2.48. The van der Waals surface area contributed by atoms with Crippen molar-refractivity contribution in [3.63, 3.8) is 0 Å². The zero-order chi connectivity index (χ0) is 11.6. The Morgan fingerprint density at radius 3 is 2.44 bits per heavy atom. The zero-order valence-electron chi connectivity index (χ0n) is 8.72. The van der Waals surface area contributed by atoms with Gasteiger partial charge in [-0.3, -0.25) is 0 Å². The van der Waals surface area contributed by atoms with E-state index in [1.54, 1.807) is 12.1 Å². The van der Waals surface area contributed by atoms with E-state index in [1.807, 2.05) is 0 Å². The van der Waals surface area contributed by atoms with E-state index in [-0.39, 0.29) is 4.90 Å². The van der Waals surface area contributed by atoms with E-state index in [2.05, 4.69) is 4.72 Å². The first-order valence-corrected chi connectivity index (χ1v) is 6.49. The van der Waals surface area contributed by atoms with Gasteiger partial charge >= 0.3 is 0 Å². The molecule has 0 aliphatic carbocycles. The van der Waals surface area contributed by atoms with E-state index >= 15 is 0 Å². The number of rotatable bonds is 4. The molecule has 5 nitrogen and oxygen atoms in total. The molecule has 1 aromatic rings. The normalized spacial score (nSPS) is 17.0. The van der Waals surface area contributed by atoms with Crippen molar-refractivity contribution in [2.75, 3.05) is 25.5 Å². The molecule has 3 N–H and O–H groups in total. The fraction of sp³-hybridized carbons (Fsp3) is 0.400. The van der Waals surface area contributed by atoms with Crippen molar-refractivity contribution >= 4 is 15.7 Å². The topological polar surface area (TPSA) is 81.4 Å². The van der Waals surface area contributed by atoms with Crippen LogP contribution in [0, 0.1) is 5.92 Å². The van der Waals surface area contributed by atoms with Gasteiger partial charge in [-0.1, -0.05) is 0 Å². The maximum atomic E-state index is 11.8. The largest absolute Gasteiger partial charge is 0.399 e. The van der Waals surface area contributed by atoms with Gasteiger partial charge in [0.05, 0.1) is 18.1 Å². The van der Waals surface area contributed by atoms with Gasteiger partial charge in [0.1, 0.15) is 0 Å². The van der Waals surface area contributed by atoms with Gasteiger partial charge in [0, 0.05) is 18.2 Å². The quantitative estimate of drug-likeness (QED) is 0.739. The molecule has 0 atom stereocenters. The summed E-state index contributed by atoms with van der Waals surface area (Å²) in [4.78, 5) is 0.238. The van der Waals surface area contributed by atoms with E-state index in [4.69, 9.17) is 10.5 Å². The molecule has 88 valence electrons. The van der Waals surface area contributed by atoms with E-state index in [0.717, 1.165) is 0 Å². The maximum absolute atomic E-state index is 11.8. The van der Waals surface area contributed by atoms with Crippen molar-refractivity contribution in [3.8, 4) is 0 Å². The molecule has 0 radical (unpaired) electrons. The van der Waals surface area contributed by atoms with E-state index in [9.17, 15) is 8.42 Å². The van der Waals surface area contributed by atoms with Crippen LogP contribution in [0.5, 0.6) is 0 Å². The molecule has 1 aromatic carbocycles. The van der Waals surface area contributed by atoms with Crippen LogP contribution in [0.2, 0.25) is 0 Å². The summed E-state index contributed by atoms with van der Waals surface area (Å²) in [6.45, 7) is 1.68. The Balaban J connectivity index is 2.02. The number of anilines is 1. The van der Waals surface area contributed by atoms with Crippen LogP contribution < -0.4 is 10.5 Å². The summed E-state index contributed by atoms with van der Waals surface area (Å²) in [6.07, 6.45) is 0. The van der Waals surface area contributed by atoms with Crippen LogP contribution >= 0.6 is 0 Å². The van der Waals surface area contributed by atoms with Crippen molar-refractivity contribution in [3.05, 3.63) is 24.3 Å². The second kappa shape index (κ2) is 4.40. The lowest BCUT2D eigenvalue weighted by Gasteiger charge is -2.25. The van der Waals surface area contributed by atoms with Crippen molar-refractivity contribution in [1.29, 1.82) is 0 Å². The Labute approximate surface area is 94.6 Å². The molecule has 1 fully saturated rings. The maximum Gasteiger partial charge on any atom is 0.240 e. The Hall–Kier alpha value is -1.11. The van der Waals surface area contributed by atoms with Crippen LogP contribution in [-0.4, -0.2) is 28.2 Å². The molecule has 6 heteroatoms. The molecular formula is C10H14N2O3S. The molecule has 0 amide bonds. The highest BCUT2D eigenvalue weighted by atomic mass is 32.2. The average Bonchev–Trinajstić information content (AvgIpc) is 2.15. The lowest BCUT2D eigenvalue weighted by atomic mass is 10.1. The fourth-order valence-electron chi connectivity index (χ4n) is 1.36.